The number of hydrogen-bond acceptors (Lipinski definition) is 3. The van der Waals surface area contributed by atoms with Gasteiger partial charge in [0.25, 0.3) is 0 Å². The number of thiocarbonyl (C=S) groups is 1. The molecule has 0 aromatic heterocycles. The summed E-state index contributed by atoms with van der Waals surface area (Å²) < 4.78 is 0. The van der Waals surface area contributed by atoms with E-state index in [1.165, 1.54) is 0 Å². The molecule has 1 rings (SSSR count). The van der Waals surface area contributed by atoms with Gasteiger partial charge in [-0.3, -0.25) is 4.79 Å². The minimum Gasteiger partial charge on any atom is -0.375 e. The molecule has 0 aromatic carbocycles. The van der Waals surface area contributed by atoms with E-state index in [4.69, 9.17) is 5.73 Å². The lowest BCUT2D eigenvalue weighted by Gasteiger charge is -1.85. The van der Waals surface area contributed by atoms with Crippen molar-refractivity contribution in [2.45, 2.75) is 25.7 Å². The van der Waals surface area contributed by atoms with Crippen molar-refractivity contribution in [2.75, 3.05) is 0 Å². The van der Waals surface area contributed by atoms with E-state index in [0.29, 0.717) is 5.78 Å². The maximum Gasteiger partial charge on any atom is 0.177 e. The van der Waals surface area contributed by atoms with Gasteiger partial charge in [-0.05, 0) is 25.1 Å². The van der Waals surface area contributed by atoms with E-state index >= 15 is 0 Å². The SMILES string of the molecule is NNC(N)=S.O=C1CCCC1. The highest BCUT2D eigenvalue weighted by atomic mass is 32.1. The van der Waals surface area contributed by atoms with Gasteiger partial charge in [-0.1, -0.05) is 0 Å². The summed E-state index contributed by atoms with van der Waals surface area (Å²) in [4.78, 5) is 10.2. The summed E-state index contributed by atoms with van der Waals surface area (Å²) >= 11 is 4.24. The Balaban J connectivity index is 0.000000187. The van der Waals surface area contributed by atoms with E-state index < -0.39 is 0 Å². The molecule has 0 radical (unpaired) electrons. The lowest BCUT2D eigenvalue weighted by molar-refractivity contribution is -0.117. The van der Waals surface area contributed by atoms with Crippen molar-refractivity contribution in [1.29, 1.82) is 0 Å². The molecule has 0 heterocycles. The molecule has 5 heteroatoms. The van der Waals surface area contributed by atoms with Crippen LogP contribution in [0.2, 0.25) is 0 Å². The van der Waals surface area contributed by atoms with Crippen LogP contribution in [0.15, 0.2) is 0 Å². The number of carbonyl (C=O) groups excluding carboxylic acids is 1. The Hall–Kier alpha value is -0.680. The van der Waals surface area contributed by atoms with Crippen LogP contribution in [-0.2, 0) is 4.79 Å². The molecule has 0 atom stereocenters. The second kappa shape index (κ2) is 6.06. The van der Waals surface area contributed by atoms with E-state index in [1.807, 2.05) is 5.43 Å². The largest absolute Gasteiger partial charge is 0.375 e. The first-order valence-electron chi connectivity index (χ1n) is 3.44. The lowest BCUT2D eigenvalue weighted by atomic mass is 10.4. The highest BCUT2D eigenvalue weighted by Crippen LogP contribution is 2.11. The molecule has 0 aliphatic heterocycles. The fraction of sp³-hybridized carbons (Fsp3) is 0.667. The Kier molecular flexibility index (Phi) is 5.68. The summed E-state index contributed by atoms with van der Waals surface area (Å²) in [5.41, 5.74) is 6.82. The first-order valence-corrected chi connectivity index (χ1v) is 3.85. The monoisotopic (exact) mass is 175 g/mol. The van der Waals surface area contributed by atoms with Gasteiger partial charge in [-0.15, -0.1) is 0 Å². The molecule has 1 aliphatic carbocycles. The second-order valence-electron chi connectivity index (χ2n) is 2.25. The van der Waals surface area contributed by atoms with E-state index in [9.17, 15) is 4.79 Å². The minimum atomic E-state index is 0.116. The smallest absolute Gasteiger partial charge is 0.177 e. The predicted octanol–water partition coefficient (Wildman–Crippen LogP) is -0.177. The topological polar surface area (TPSA) is 81.1 Å². The molecule has 0 aromatic rings. The molecule has 4 nitrogen and oxygen atoms in total. The Labute approximate surface area is 71.3 Å². The molecular formula is C6H13N3OS. The number of hydrazine groups is 1. The molecule has 0 bridgehead atoms. The number of rotatable bonds is 0. The normalized spacial score (nSPS) is 15.2. The van der Waals surface area contributed by atoms with Crippen LogP contribution in [0.4, 0.5) is 0 Å². The summed E-state index contributed by atoms with van der Waals surface area (Å²) in [5, 5.41) is 0.116. The molecule has 1 fully saturated rings. The average molecular weight is 175 g/mol. The molecular weight excluding hydrogens is 162 g/mol. The van der Waals surface area contributed by atoms with Crippen LogP contribution in [0.1, 0.15) is 25.7 Å². The first kappa shape index (κ1) is 10.3. The highest BCUT2D eigenvalue weighted by molar-refractivity contribution is 7.80. The number of nitrogens with one attached hydrogen (secondary N) is 1. The number of nitrogens with two attached hydrogens (primary N) is 2. The third kappa shape index (κ3) is 7.21. The zero-order valence-corrected chi connectivity index (χ0v) is 7.12. The van der Waals surface area contributed by atoms with E-state index in [2.05, 4.69) is 18.1 Å². The zero-order valence-electron chi connectivity index (χ0n) is 6.30. The number of Topliss-reactive ketones (excluding diaryl/α,β-unsaturated/α-hetero) is 1. The van der Waals surface area contributed by atoms with Gasteiger partial charge in [0.2, 0.25) is 0 Å². The van der Waals surface area contributed by atoms with E-state index in [1.54, 1.807) is 0 Å². The highest BCUT2D eigenvalue weighted by Gasteiger charge is 2.07. The van der Waals surface area contributed by atoms with Crippen molar-refractivity contribution in [3.63, 3.8) is 0 Å². The number of ketones is 1. The molecule has 0 unspecified atom stereocenters. The molecule has 64 valence electrons. The maximum atomic E-state index is 10.2. The summed E-state index contributed by atoms with van der Waals surface area (Å²) in [6.07, 6.45) is 3.97. The second-order valence-corrected chi connectivity index (χ2v) is 2.69. The fourth-order valence-corrected chi connectivity index (χ4v) is 0.769. The number of hydrogen-bond donors (Lipinski definition) is 3. The van der Waals surface area contributed by atoms with Gasteiger partial charge < -0.3 is 11.2 Å². The quantitative estimate of drug-likeness (QED) is 0.270. The zero-order chi connectivity index (χ0) is 8.69. The minimum absolute atomic E-state index is 0.116. The van der Waals surface area contributed by atoms with Crippen molar-refractivity contribution in [3.8, 4) is 0 Å². The molecule has 0 saturated heterocycles. The summed E-state index contributed by atoms with van der Waals surface area (Å²) in [6.45, 7) is 0. The standard InChI is InChI=1S/C5H8O.CH5N3S/c6-5-3-1-2-4-5;2-1(5)4-3/h1-4H2;3H2,(H3,2,4,5). The Morgan fingerprint density at radius 1 is 1.45 bits per heavy atom. The van der Waals surface area contributed by atoms with Gasteiger partial charge in [0.1, 0.15) is 5.78 Å². The Morgan fingerprint density at radius 2 is 1.82 bits per heavy atom. The van der Waals surface area contributed by atoms with Crippen molar-refractivity contribution in [1.82, 2.24) is 5.43 Å². The summed E-state index contributed by atoms with van der Waals surface area (Å²) in [7, 11) is 0. The van der Waals surface area contributed by atoms with Gasteiger partial charge in [0.05, 0.1) is 0 Å². The van der Waals surface area contributed by atoms with Gasteiger partial charge in [-0.2, -0.15) is 0 Å². The summed E-state index contributed by atoms with van der Waals surface area (Å²) in [5.74, 6) is 5.11. The van der Waals surface area contributed by atoms with Crippen LogP contribution >= 0.6 is 12.2 Å². The van der Waals surface area contributed by atoms with Crippen molar-refractivity contribution in [2.24, 2.45) is 11.6 Å². The van der Waals surface area contributed by atoms with Gasteiger partial charge >= 0.3 is 0 Å². The van der Waals surface area contributed by atoms with Crippen LogP contribution < -0.4 is 17.0 Å². The van der Waals surface area contributed by atoms with Crippen molar-refractivity contribution >= 4 is 23.1 Å². The molecule has 11 heavy (non-hydrogen) atoms. The third-order valence-electron chi connectivity index (χ3n) is 1.30. The number of carbonyl (C=O) groups is 1. The van der Waals surface area contributed by atoms with Gasteiger partial charge in [0, 0.05) is 12.8 Å². The fourth-order valence-electron chi connectivity index (χ4n) is 0.769. The van der Waals surface area contributed by atoms with Crippen LogP contribution in [0, 0.1) is 0 Å². The first-order chi connectivity index (χ1) is 5.16. The van der Waals surface area contributed by atoms with E-state index in [0.717, 1.165) is 25.7 Å². The van der Waals surface area contributed by atoms with Crippen molar-refractivity contribution in [3.05, 3.63) is 0 Å². The van der Waals surface area contributed by atoms with Crippen molar-refractivity contribution < 1.29 is 4.79 Å². The van der Waals surface area contributed by atoms with Crippen LogP contribution in [0.3, 0.4) is 0 Å². The maximum absolute atomic E-state index is 10.2. The molecule has 5 N–H and O–H groups in total. The van der Waals surface area contributed by atoms with E-state index in [-0.39, 0.29) is 5.11 Å². The average Bonchev–Trinajstić information content (AvgIpc) is 2.41. The van der Waals surface area contributed by atoms with Crippen LogP contribution in [-0.4, -0.2) is 10.9 Å². The molecule has 0 amide bonds. The predicted molar refractivity (Wildman–Crippen MR) is 47.6 cm³/mol. The molecule has 1 saturated carbocycles. The van der Waals surface area contributed by atoms with Crippen LogP contribution in [0.5, 0.6) is 0 Å². The van der Waals surface area contributed by atoms with Crippen LogP contribution in [0.25, 0.3) is 0 Å². The Bertz CT molecular complexity index is 141. The molecule has 1 aliphatic rings. The Morgan fingerprint density at radius 3 is 1.91 bits per heavy atom. The third-order valence-corrected chi connectivity index (χ3v) is 1.42. The van der Waals surface area contributed by atoms with Gasteiger partial charge in [0.15, 0.2) is 5.11 Å². The molecule has 0 spiro atoms. The summed E-state index contributed by atoms with van der Waals surface area (Å²) in [6, 6.07) is 0. The van der Waals surface area contributed by atoms with Gasteiger partial charge in [-0.25, -0.2) is 5.84 Å². The lowest BCUT2D eigenvalue weighted by Crippen LogP contribution is -2.34.